The van der Waals surface area contributed by atoms with E-state index in [1.807, 2.05) is 30.3 Å². The van der Waals surface area contributed by atoms with Crippen LogP contribution in [0.15, 0.2) is 58.8 Å². The van der Waals surface area contributed by atoms with Crippen molar-refractivity contribution in [3.63, 3.8) is 0 Å². The Hall–Kier alpha value is -1.98. The van der Waals surface area contributed by atoms with Crippen LogP contribution in [0.2, 0.25) is 5.02 Å². The molecule has 0 saturated carbocycles. The maximum absolute atomic E-state index is 11.9. The van der Waals surface area contributed by atoms with Gasteiger partial charge >= 0.3 is 5.97 Å². The van der Waals surface area contributed by atoms with Crippen molar-refractivity contribution < 1.29 is 14.3 Å². The number of carbonyl (C=O) groups excluding carboxylic acids is 1. The molecule has 114 valence electrons. The van der Waals surface area contributed by atoms with Crippen molar-refractivity contribution in [1.29, 1.82) is 0 Å². The number of pyridine rings is 1. The standard InChI is InChI=1S/C16H14ClNO3S/c1-20-10-13(16(19)21-2)12-5-3-4-6-14(12)22-15-8-7-11(17)9-18-15/h3-10H,1-2H3/b13-10+. The van der Waals surface area contributed by atoms with Crippen LogP contribution in [0.25, 0.3) is 5.57 Å². The maximum Gasteiger partial charge on any atom is 0.341 e. The number of rotatable bonds is 5. The van der Waals surface area contributed by atoms with E-state index in [1.165, 1.54) is 32.2 Å². The van der Waals surface area contributed by atoms with Gasteiger partial charge < -0.3 is 9.47 Å². The molecule has 1 aromatic heterocycles. The second kappa shape index (κ2) is 7.87. The molecule has 0 aliphatic carbocycles. The molecule has 0 fully saturated rings. The minimum Gasteiger partial charge on any atom is -0.503 e. The smallest absolute Gasteiger partial charge is 0.341 e. The molecule has 0 N–H and O–H groups in total. The summed E-state index contributed by atoms with van der Waals surface area (Å²) in [5.74, 6) is -0.459. The zero-order valence-electron chi connectivity index (χ0n) is 12.1. The summed E-state index contributed by atoms with van der Waals surface area (Å²) < 4.78 is 9.81. The maximum atomic E-state index is 11.9. The van der Waals surface area contributed by atoms with Crippen molar-refractivity contribution >= 4 is 34.9 Å². The topological polar surface area (TPSA) is 48.4 Å². The number of benzene rings is 1. The number of aromatic nitrogens is 1. The summed E-state index contributed by atoms with van der Waals surface area (Å²) in [6, 6.07) is 11.1. The minimum absolute atomic E-state index is 0.349. The highest BCUT2D eigenvalue weighted by molar-refractivity contribution is 7.99. The molecule has 0 amide bonds. The molecule has 0 radical (unpaired) electrons. The molecule has 0 unspecified atom stereocenters. The molecular formula is C16H14ClNO3S. The number of carbonyl (C=O) groups is 1. The first kappa shape index (κ1) is 16.4. The Bertz CT molecular complexity index is 686. The summed E-state index contributed by atoms with van der Waals surface area (Å²) in [6.45, 7) is 0. The van der Waals surface area contributed by atoms with E-state index >= 15 is 0 Å². The van der Waals surface area contributed by atoms with Gasteiger partial charge in [0.2, 0.25) is 0 Å². The summed E-state index contributed by atoms with van der Waals surface area (Å²) in [6.07, 6.45) is 2.96. The second-order valence-electron chi connectivity index (χ2n) is 4.17. The van der Waals surface area contributed by atoms with E-state index in [0.717, 1.165) is 15.5 Å². The van der Waals surface area contributed by atoms with Gasteiger partial charge in [-0.15, -0.1) is 0 Å². The molecule has 2 aromatic rings. The monoisotopic (exact) mass is 335 g/mol. The fourth-order valence-electron chi connectivity index (χ4n) is 1.76. The van der Waals surface area contributed by atoms with E-state index in [4.69, 9.17) is 21.1 Å². The fourth-order valence-corrected chi connectivity index (χ4v) is 2.78. The van der Waals surface area contributed by atoms with Crippen molar-refractivity contribution in [2.75, 3.05) is 14.2 Å². The Morgan fingerprint density at radius 2 is 2.00 bits per heavy atom. The first-order chi connectivity index (χ1) is 10.7. The van der Waals surface area contributed by atoms with Gasteiger partial charge in [-0.25, -0.2) is 9.78 Å². The molecule has 0 aliphatic rings. The predicted octanol–water partition coefficient (Wildman–Crippen LogP) is 4.05. The lowest BCUT2D eigenvalue weighted by Crippen LogP contribution is -2.05. The van der Waals surface area contributed by atoms with Gasteiger partial charge in [-0.1, -0.05) is 41.6 Å². The summed E-state index contributed by atoms with van der Waals surface area (Å²) in [5, 5.41) is 1.35. The quantitative estimate of drug-likeness (QED) is 0.469. The first-order valence-corrected chi connectivity index (χ1v) is 7.55. The average molecular weight is 336 g/mol. The van der Waals surface area contributed by atoms with Crippen LogP contribution in [-0.4, -0.2) is 25.2 Å². The van der Waals surface area contributed by atoms with Gasteiger partial charge in [0.25, 0.3) is 0 Å². The van der Waals surface area contributed by atoms with Gasteiger partial charge in [0.1, 0.15) is 10.6 Å². The van der Waals surface area contributed by atoms with E-state index in [2.05, 4.69) is 4.98 Å². The van der Waals surface area contributed by atoms with Crippen LogP contribution in [-0.2, 0) is 14.3 Å². The summed E-state index contributed by atoms with van der Waals surface area (Å²) in [4.78, 5) is 17.1. The van der Waals surface area contributed by atoms with Gasteiger partial charge in [0.05, 0.1) is 25.5 Å². The number of hydrogen-bond donors (Lipinski definition) is 0. The lowest BCUT2D eigenvalue weighted by atomic mass is 10.1. The van der Waals surface area contributed by atoms with E-state index in [1.54, 1.807) is 12.3 Å². The third-order valence-corrected chi connectivity index (χ3v) is 3.98. The molecule has 1 aromatic carbocycles. The first-order valence-electron chi connectivity index (χ1n) is 6.35. The van der Waals surface area contributed by atoms with Crippen molar-refractivity contribution in [3.05, 3.63) is 59.4 Å². The van der Waals surface area contributed by atoms with Crippen LogP contribution in [0.3, 0.4) is 0 Å². The van der Waals surface area contributed by atoms with Gasteiger partial charge in [-0.05, 0) is 18.2 Å². The third-order valence-electron chi connectivity index (χ3n) is 2.73. The summed E-state index contributed by atoms with van der Waals surface area (Å²) >= 11 is 7.27. The van der Waals surface area contributed by atoms with Crippen molar-refractivity contribution in [2.24, 2.45) is 0 Å². The molecule has 1 heterocycles. The fraction of sp³-hybridized carbons (Fsp3) is 0.125. The molecule has 0 spiro atoms. The van der Waals surface area contributed by atoms with Crippen LogP contribution in [0.4, 0.5) is 0 Å². The van der Waals surface area contributed by atoms with Crippen LogP contribution in [0.5, 0.6) is 0 Å². The molecule has 0 bridgehead atoms. The number of halogens is 1. The van der Waals surface area contributed by atoms with E-state index in [-0.39, 0.29) is 0 Å². The Morgan fingerprint density at radius 3 is 2.64 bits per heavy atom. The van der Waals surface area contributed by atoms with Crippen LogP contribution >= 0.6 is 23.4 Å². The molecule has 4 nitrogen and oxygen atoms in total. The van der Waals surface area contributed by atoms with Crippen LogP contribution in [0.1, 0.15) is 5.56 Å². The molecule has 0 aliphatic heterocycles. The van der Waals surface area contributed by atoms with E-state index in [9.17, 15) is 4.79 Å². The zero-order chi connectivity index (χ0) is 15.9. The molecule has 0 atom stereocenters. The van der Waals surface area contributed by atoms with Crippen molar-refractivity contribution in [2.45, 2.75) is 9.92 Å². The zero-order valence-corrected chi connectivity index (χ0v) is 13.6. The van der Waals surface area contributed by atoms with Gasteiger partial charge in [0.15, 0.2) is 0 Å². The van der Waals surface area contributed by atoms with Crippen LogP contribution < -0.4 is 0 Å². The highest BCUT2D eigenvalue weighted by atomic mass is 35.5. The average Bonchev–Trinajstić information content (AvgIpc) is 2.55. The van der Waals surface area contributed by atoms with Crippen molar-refractivity contribution in [3.8, 4) is 0 Å². The van der Waals surface area contributed by atoms with Crippen LogP contribution in [0, 0.1) is 0 Å². The normalized spacial score (nSPS) is 11.1. The Kier molecular flexibility index (Phi) is 5.86. The number of nitrogens with zero attached hydrogens (tertiary/aromatic N) is 1. The SMILES string of the molecule is CO/C=C(/C(=O)OC)c1ccccc1Sc1ccc(Cl)cn1. The van der Waals surface area contributed by atoms with Crippen molar-refractivity contribution in [1.82, 2.24) is 4.98 Å². The minimum atomic E-state index is -0.459. The number of methoxy groups -OCH3 is 2. The largest absolute Gasteiger partial charge is 0.503 e. The lowest BCUT2D eigenvalue weighted by molar-refractivity contribution is -0.133. The second-order valence-corrected chi connectivity index (χ2v) is 5.67. The number of esters is 1. The summed E-state index contributed by atoms with van der Waals surface area (Å²) in [7, 11) is 2.82. The summed E-state index contributed by atoms with van der Waals surface area (Å²) in [5.41, 5.74) is 1.07. The molecule has 2 rings (SSSR count). The Morgan fingerprint density at radius 1 is 1.23 bits per heavy atom. The third kappa shape index (κ3) is 4.02. The highest BCUT2D eigenvalue weighted by Gasteiger charge is 2.17. The molecule has 6 heteroatoms. The number of ether oxygens (including phenoxy) is 2. The highest BCUT2D eigenvalue weighted by Crippen LogP contribution is 2.33. The number of hydrogen-bond acceptors (Lipinski definition) is 5. The Balaban J connectivity index is 2.39. The van der Waals surface area contributed by atoms with Gasteiger partial charge in [0, 0.05) is 16.7 Å². The molecule has 0 saturated heterocycles. The molecule has 22 heavy (non-hydrogen) atoms. The molecular weight excluding hydrogens is 322 g/mol. The van der Waals surface area contributed by atoms with E-state index < -0.39 is 5.97 Å². The van der Waals surface area contributed by atoms with Gasteiger partial charge in [-0.2, -0.15) is 0 Å². The lowest BCUT2D eigenvalue weighted by Gasteiger charge is -2.10. The Labute approximate surface area is 138 Å². The predicted molar refractivity (Wildman–Crippen MR) is 86.8 cm³/mol. The van der Waals surface area contributed by atoms with E-state index in [0.29, 0.717) is 10.6 Å². The van der Waals surface area contributed by atoms with Gasteiger partial charge in [-0.3, -0.25) is 0 Å².